The van der Waals surface area contributed by atoms with E-state index < -0.39 is 56.3 Å². The molecule has 21 heavy (non-hydrogen) atoms. The number of hydrogen-bond donors (Lipinski definition) is 0. The molecule has 4 nitrogen and oxygen atoms in total. The van der Waals surface area contributed by atoms with Crippen molar-refractivity contribution in [3.63, 3.8) is 0 Å². The van der Waals surface area contributed by atoms with E-state index in [0.717, 1.165) is 0 Å². The van der Waals surface area contributed by atoms with Gasteiger partial charge in [-0.1, -0.05) is 0 Å². The zero-order valence-corrected chi connectivity index (χ0v) is 9.93. The quantitative estimate of drug-likeness (QED) is 0.531. The zero-order chi connectivity index (χ0) is 16.5. The Labute approximate surface area is 111 Å². The summed E-state index contributed by atoms with van der Waals surface area (Å²) in [6.45, 7) is -3.53. The third kappa shape index (κ3) is 3.47. The molecule has 1 rings (SSSR count). The second kappa shape index (κ2) is 5.81. The van der Waals surface area contributed by atoms with Crippen LogP contribution in [0.25, 0.3) is 0 Å². The third-order valence-corrected chi connectivity index (χ3v) is 2.39. The third-order valence-electron chi connectivity index (χ3n) is 2.39. The van der Waals surface area contributed by atoms with Gasteiger partial charge in [-0.25, -0.2) is 13.6 Å². The highest BCUT2D eigenvalue weighted by Crippen LogP contribution is 2.48. The highest BCUT2D eigenvalue weighted by Gasteiger charge is 2.75. The summed E-state index contributed by atoms with van der Waals surface area (Å²) in [6.07, 6.45) is -7.31. The summed E-state index contributed by atoms with van der Waals surface area (Å²) in [7, 11) is 0. The minimum atomic E-state index is -6.32. The minimum Gasteiger partial charge on any atom is -0.430 e. The Morgan fingerprint density at radius 3 is 2.19 bits per heavy atom. The molecule has 1 aliphatic rings. The SMILES string of the molecule is O=C1OCC(COCC(F)(F)C(F)(F)C(F)(F)C(F)F)O1. The van der Waals surface area contributed by atoms with Crippen LogP contribution in [0.1, 0.15) is 0 Å². The molecule has 1 aliphatic heterocycles. The summed E-state index contributed by atoms with van der Waals surface area (Å²) < 4.78 is 113. The number of hydrogen-bond acceptors (Lipinski definition) is 4. The number of carbonyl (C=O) groups excluding carboxylic acids is 1. The summed E-state index contributed by atoms with van der Waals surface area (Å²) in [4.78, 5) is 10.4. The molecule has 0 radical (unpaired) electrons. The number of alkyl halides is 8. The van der Waals surface area contributed by atoms with Crippen molar-refractivity contribution < 1.29 is 54.1 Å². The Hall–Kier alpha value is -1.33. The molecule has 0 saturated carbocycles. The number of rotatable bonds is 7. The summed E-state index contributed by atoms with van der Waals surface area (Å²) in [6, 6.07) is 0. The van der Waals surface area contributed by atoms with Gasteiger partial charge in [-0.3, -0.25) is 0 Å². The van der Waals surface area contributed by atoms with E-state index in [9.17, 15) is 39.9 Å². The van der Waals surface area contributed by atoms with E-state index in [1.54, 1.807) is 0 Å². The number of carbonyl (C=O) groups is 1. The van der Waals surface area contributed by atoms with Crippen molar-refractivity contribution in [2.45, 2.75) is 30.3 Å². The van der Waals surface area contributed by atoms with Crippen molar-refractivity contribution >= 4 is 6.16 Å². The van der Waals surface area contributed by atoms with Gasteiger partial charge < -0.3 is 14.2 Å². The topological polar surface area (TPSA) is 44.8 Å². The number of halogens is 8. The Balaban J connectivity index is 2.61. The standard InChI is InChI=1S/C9H8F8O4/c10-5(11)8(14,15)9(16,17)7(12,13)3-19-1-4-2-20-6(18)21-4/h4-5H,1-3H2. The van der Waals surface area contributed by atoms with Crippen LogP contribution >= 0.6 is 0 Å². The monoisotopic (exact) mass is 332 g/mol. The summed E-state index contributed by atoms with van der Waals surface area (Å²) in [5, 5.41) is 0. The maximum atomic E-state index is 13.0. The average Bonchev–Trinajstić information content (AvgIpc) is 2.74. The van der Waals surface area contributed by atoms with Gasteiger partial charge in [0.1, 0.15) is 13.2 Å². The van der Waals surface area contributed by atoms with Gasteiger partial charge in [0.05, 0.1) is 6.61 Å². The van der Waals surface area contributed by atoms with Gasteiger partial charge in [0.2, 0.25) is 0 Å². The molecule has 1 fully saturated rings. The van der Waals surface area contributed by atoms with Crippen LogP contribution in [-0.4, -0.2) is 56.3 Å². The van der Waals surface area contributed by atoms with Gasteiger partial charge in [0.25, 0.3) is 0 Å². The second-order valence-corrected chi connectivity index (χ2v) is 4.02. The molecule has 1 unspecified atom stereocenters. The Bertz CT molecular complexity index is 386. The second-order valence-electron chi connectivity index (χ2n) is 4.02. The van der Waals surface area contributed by atoms with Crippen molar-refractivity contribution in [2.24, 2.45) is 0 Å². The minimum absolute atomic E-state index is 0.409. The average molecular weight is 332 g/mol. The molecule has 1 heterocycles. The molecule has 1 saturated heterocycles. The molecule has 0 spiro atoms. The highest BCUT2D eigenvalue weighted by molar-refractivity contribution is 5.61. The normalized spacial score (nSPS) is 20.6. The first-order valence-corrected chi connectivity index (χ1v) is 5.24. The molecular formula is C9H8F8O4. The van der Waals surface area contributed by atoms with Crippen LogP contribution in [0.15, 0.2) is 0 Å². The van der Waals surface area contributed by atoms with Gasteiger partial charge in [-0.2, -0.15) is 26.3 Å². The fourth-order valence-electron chi connectivity index (χ4n) is 1.24. The molecule has 0 aliphatic carbocycles. The predicted molar refractivity (Wildman–Crippen MR) is 47.9 cm³/mol. The Morgan fingerprint density at radius 1 is 1.19 bits per heavy atom. The van der Waals surface area contributed by atoms with Crippen molar-refractivity contribution in [1.29, 1.82) is 0 Å². The van der Waals surface area contributed by atoms with Gasteiger partial charge in [0.15, 0.2) is 6.10 Å². The number of cyclic esters (lactones) is 2. The Kier molecular flexibility index (Phi) is 4.90. The van der Waals surface area contributed by atoms with Crippen molar-refractivity contribution in [2.75, 3.05) is 19.8 Å². The number of ether oxygens (including phenoxy) is 3. The van der Waals surface area contributed by atoms with Crippen molar-refractivity contribution in [1.82, 2.24) is 0 Å². The van der Waals surface area contributed by atoms with E-state index in [0.29, 0.717) is 0 Å². The van der Waals surface area contributed by atoms with E-state index in [1.165, 1.54) is 0 Å². The molecule has 1 atom stereocenters. The Morgan fingerprint density at radius 2 is 1.76 bits per heavy atom. The first-order valence-electron chi connectivity index (χ1n) is 5.24. The lowest BCUT2D eigenvalue weighted by Crippen LogP contribution is -2.59. The van der Waals surface area contributed by atoms with Gasteiger partial charge in [-0.05, 0) is 0 Å². The van der Waals surface area contributed by atoms with Crippen LogP contribution in [-0.2, 0) is 14.2 Å². The lowest BCUT2D eigenvalue weighted by Gasteiger charge is -2.32. The van der Waals surface area contributed by atoms with E-state index in [2.05, 4.69) is 14.2 Å². The molecule has 0 N–H and O–H groups in total. The molecule has 0 amide bonds. The molecule has 0 aromatic carbocycles. The van der Waals surface area contributed by atoms with E-state index in [1.807, 2.05) is 0 Å². The molecular weight excluding hydrogens is 324 g/mol. The summed E-state index contributed by atoms with van der Waals surface area (Å²) in [5.74, 6) is -18.1. The predicted octanol–water partition coefficient (Wildman–Crippen LogP) is 2.71. The van der Waals surface area contributed by atoms with Crippen LogP contribution in [0.2, 0.25) is 0 Å². The first kappa shape index (κ1) is 17.7. The van der Waals surface area contributed by atoms with E-state index >= 15 is 0 Å². The van der Waals surface area contributed by atoms with Crippen molar-refractivity contribution in [3.8, 4) is 0 Å². The van der Waals surface area contributed by atoms with Gasteiger partial charge >= 0.3 is 30.3 Å². The van der Waals surface area contributed by atoms with Crippen LogP contribution in [0.3, 0.4) is 0 Å². The first-order chi connectivity index (χ1) is 9.42. The van der Waals surface area contributed by atoms with E-state index in [-0.39, 0.29) is 0 Å². The summed E-state index contributed by atoms with van der Waals surface area (Å²) in [5.41, 5.74) is 0. The molecule has 0 aromatic heterocycles. The highest BCUT2D eigenvalue weighted by atomic mass is 19.4. The van der Waals surface area contributed by atoms with Crippen LogP contribution in [0.4, 0.5) is 39.9 Å². The van der Waals surface area contributed by atoms with Gasteiger partial charge in [0, 0.05) is 0 Å². The van der Waals surface area contributed by atoms with Crippen LogP contribution in [0, 0.1) is 0 Å². The molecule has 124 valence electrons. The maximum absolute atomic E-state index is 13.0. The fourth-order valence-corrected chi connectivity index (χ4v) is 1.24. The van der Waals surface area contributed by atoms with Crippen LogP contribution < -0.4 is 0 Å². The zero-order valence-electron chi connectivity index (χ0n) is 9.93. The van der Waals surface area contributed by atoms with Gasteiger partial charge in [-0.15, -0.1) is 0 Å². The smallest absolute Gasteiger partial charge is 0.430 e. The molecule has 12 heteroatoms. The lowest BCUT2D eigenvalue weighted by molar-refractivity contribution is -0.346. The summed E-state index contributed by atoms with van der Waals surface area (Å²) >= 11 is 0. The largest absolute Gasteiger partial charge is 0.508 e. The maximum Gasteiger partial charge on any atom is 0.508 e. The lowest BCUT2D eigenvalue weighted by atomic mass is 10.1. The molecule has 0 bridgehead atoms. The van der Waals surface area contributed by atoms with Crippen molar-refractivity contribution in [3.05, 3.63) is 0 Å². The van der Waals surface area contributed by atoms with E-state index in [4.69, 9.17) is 0 Å². The molecule has 0 aromatic rings. The van der Waals surface area contributed by atoms with Crippen LogP contribution in [0.5, 0.6) is 0 Å². The fraction of sp³-hybridized carbons (Fsp3) is 0.889.